The van der Waals surface area contributed by atoms with Crippen molar-refractivity contribution < 1.29 is 14.3 Å². The summed E-state index contributed by atoms with van der Waals surface area (Å²) in [6.45, 7) is 7.79. The van der Waals surface area contributed by atoms with Crippen LogP contribution in [0.2, 0.25) is 0 Å². The summed E-state index contributed by atoms with van der Waals surface area (Å²) in [4.78, 5) is 13.4. The van der Waals surface area contributed by atoms with Crippen molar-refractivity contribution in [1.82, 2.24) is 0 Å². The van der Waals surface area contributed by atoms with Crippen molar-refractivity contribution in [1.29, 1.82) is 0 Å². The van der Waals surface area contributed by atoms with Crippen LogP contribution in [0.3, 0.4) is 0 Å². The van der Waals surface area contributed by atoms with E-state index >= 15 is 0 Å². The molecule has 0 radical (unpaired) electrons. The van der Waals surface area contributed by atoms with E-state index < -0.39 is 5.60 Å². The van der Waals surface area contributed by atoms with Gasteiger partial charge in [-0.1, -0.05) is 19.1 Å². The van der Waals surface area contributed by atoms with Gasteiger partial charge in [0, 0.05) is 4.90 Å². The Morgan fingerprint density at radius 2 is 1.90 bits per heavy atom. The highest BCUT2D eigenvalue weighted by Gasteiger charge is 2.45. The minimum absolute atomic E-state index is 0.0628. The maximum atomic E-state index is 12.2. The van der Waals surface area contributed by atoms with E-state index in [4.69, 9.17) is 9.47 Å². The molecule has 1 aromatic rings. The smallest absolute Gasteiger partial charge is 0.374 e. The molecule has 0 spiro atoms. The average Bonchev–Trinajstić information content (AvgIpc) is 2.70. The van der Waals surface area contributed by atoms with Gasteiger partial charge in [-0.3, -0.25) is 0 Å². The van der Waals surface area contributed by atoms with Crippen LogP contribution in [0.1, 0.15) is 39.7 Å². The Balaban J connectivity index is 2.53. The van der Waals surface area contributed by atoms with Crippen LogP contribution < -0.4 is 0 Å². The summed E-state index contributed by atoms with van der Waals surface area (Å²) in [6.07, 6.45) is 2.69. The second kappa shape index (κ2) is 6.14. The lowest BCUT2D eigenvalue weighted by Gasteiger charge is -2.25. The Bertz CT molecular complexity index is 560. The van der Waals surface area contributed by atoms with Gasteiger partial charge in [0.2, 0.25) is 5.76 Å². The SMILES string of the molecule is CC[C@]1(C)OC(=O)C(OC(C)C)=C1c1ccc(SC)cc1. The van der Waals surface area contributed by atoms with E-state index in [-0.39, 0.29) is 12.1 Å². The molecule has 0 fully saturated rings. The molecule has 4 heteroatoms. The number of cyclic esters (lactones) is 1. The largest absolute Gasteiger partial charge is 0.484 e. The fourth-order valence-corrected chi connectivity index (χ4v) is 2.84. The van der Waals surface area contributed by atoms with Crippen molar-refractivity contribution in [2.75, 3.05) is 6.26 Å². The van der Waals surface area contributed by atoms with E-state index in [1.807, 2.05) is 46.1 Å². The summed E-state index contributed by atoms with van der Waals surface area (Å²) in [7, 11) is 0. The number of carbonyl (C=O) groups is 1. The minimum Gasteiger partial charge on any atom is -0.484 e. The first-order chi connectivity index (χ1) is 9.91. The molecule has 0 unspecified atom stereocenters. The third kappa shape index (κ3) is 3.10. The van der Waals surface area contributed by atoms with E-state index in [0.717, 1.165) is 11.1 Å². The van der Waals surface area contributed by atoms with Crippen LogP contribution in [0.5, 0.6) is 0 Å². The number of hydrogen-bond acceptors (Lipinski definition) is 4. The molecule has 0 saturated carbocycles. The second-order valence-electron chi connectivity index (χ2n) is 5.57. The first-order valence-corrected chi connectivity index (χ1v) is 8.43. The van der Waals surface area contributed by atoms with E-state index in [9.17, 15) is 4.79 Å². The Hall–Kier alpha value is -1.42. The van der Waals surface area contributed by atoms with Crippen molar-refractivity contribution >= 4 is 23.3 Å². The zero-order chi connectivity index (χ0) is 15.6. The Morgan fingerprint density at radius 1 is 1.29 bits per heavy atom. The second-order valence-corrected chi connectivity index (χ2v) is 6.45. The summed E-state index contributed by atoms with van der Waals surface area (Å²) < 4.78 is 11.3. The van der Waals surface area contributed by atoms with Crippen LogP contribution in [-0.2, 0) is 14.3 Å². The lowest BCUT2D eigenvalue weighted by Crippen LogP contribution is -2.26. The standard InChI is InChI=1S/C17H22O3S/c1-6-17(4)14(12-7-9-13(21-5)10-8-12)15(16(18)20-17)19-11(2)3/h7-11H,6H2,1-5H3/t17-/m0/s1. The minimum atomic E-state index is -0.623. The molecule has 1 heterocycles. The highest BCUT2D eigenvalue weighted by molar-refractivity contribution is 7.98. The molecular formula is C17H22O3S. The monoisotopic (exact) mass is 306 g/mol. The van der Waals surface area contributed by atoms with Crippen molar-refractivity contribution in [3.05, 3.63) is 35.6 Å². The zero-order valence-electron chi connectivity index (χ0n) is 13.2. The number of benzene rings is 1. The molecule has 1 atom stereocenters. The predicted octanol–water partition coefficient (Wildman–Crippen LogP) is 4.27. The summed E-state index contributed by atoms with van der Waals surface area (Å²) in [5.74, 6) is -0.0109. The summed E-state index contributed by atoms with van der Waals surface area (Å²) in [5, 5.41) is 0. The van der Waals surface area contributed by atoms with Crippen molar-refractivity contribution in [3.63, 3.8) is 0 Å². The number of hydrogen-bond donors (Lipinski definition) is 0. The predicted molar refractivity (Wildman–Crippen MR) is 86.2 cm³/mol. The van der Waals surface area contributed by atoms with E-state index in [0.29, 0.717) is 12.2 Å². The Kier molecular flexibility index (Phi) is 4.67. The van der Waals surface area contributed by atoms with Gasteiger partial charge in [0.25, 0.3) is 0 Å². The molecule has 0 saturated heterocycles. The van der Waals surface area contributed by atoms with Crippen molar-refractivity contribution in [3.8, 4) is 0 Å². The van der Waals surface area contributed by atoms with Gasteiger partial charge in [-0.15, -0.1) is 11.8 Å². The third-order valence-corrected chi connectivity index (χ3v) is 4.41. The molecule has 0 aromatic heterocycles. The molecule has 0 bridgehead atoms. The van der Waals surface area contributed by atoms with Gasteiger partial charge in [0.05, 0.1) is 11.7 Å². The molecule has 1 aliphatic heterocycles. The van der Waals surface area contributed by atoms with E-state index in [1.165, 1.54) is 4.90 Å². The van der Waals surface area contributed by atoms with Gasteiger partial charge in [-0.05, 0) is 51.1 Å². The molecule has 114 valence electrons. The quantitative estimate of drug-likeness (QED) is 0.601. The maximum absolute atomic E-state index is 12.2. The van der Waals surface area contributed by atoms with Crippen LogP contribution in [0.25, 0.3) is 5.57 Å². The van der Waals surface area contributed by atoms with E-state index in [1.54, 1.807) is 11.8 Å². The summed E-state index contributed by atoms with van der Waals surface area (Å²) >= 11 is 1.69. The van der Waals surface area contributed by atoms with E-state index in [2.05, 4.69) is 12.1 Å². The van der Waals surface area contributed by atoms with Crippen molar-refractivity contribution in [2.24, 2.45) is 0 Å². The highest BCUT2D eigenvalue weighted by atomic mass is 32.2. The van der Waals surface area contributed by atoms with Gasteiger partial charge in [0.15, 0.2) is 0 Å². The molecule has 0 N–H and O–H groups in total. The lowest BCUT2D eigenvalue weighted by atomic mass is 9.88. The average molecular weight is 306 g/mol. The first kappa shape index (κ1) is 16.0. The van der Waals surface area contributed by atoms with Crippen LogP contribution in [0.4, 0.5) is 0 Å². The highest BCUT2D eigenvalue weighted by Crippen LogP contribution is 2.42. The molecule has 3 nitrogen and oxygen atoms in total. The number of carbonyl (C=O) groups excluding carboxylic acids is 1. The molecule has 0 aliphatic carbocycles. The maximum Gasteiger partial charge on any atom is 0.374 e. The Morgan fingerprint density at radius 3 is 2.38 bits per heavy atom. The van der Waals surface area contributed by atoms with Crippen LogP contribution in [-0.4, -0.2) is 23.9 Å². The van der Waals surface area contributed by atoms with Crippen LogP contribution in [0, 0.1) is 0 Å². The molecule has 1 aliphatic rings. The third-order valence-electron chi connectivity index (χ3n) is 3.67. The lowest BCUT2D eigenvalue weighted by molar-refractivity contribution is -0.148. The fourth-order valence-electron chi connectivity index (χ4n) is 2.43. The number of ether oxygens (including phenoxy) is 2. The molecule has 1 aromatic carbocycles. The van der Waals surface area contributed by atoms with Crippen LogP contribution in [0.15, 0.2) is 34.9 Å². The number of rotatable bonds is 5. The summed E-state index contributed by atoms with van der Waals surface area (Å²) in [6, 6.07) is 8.17. The Labute approximate surface area is 130 Å². The molecular weight excluding hydrogens is 284 g/mol. The molecule has 0 amide bonds. The van der Waals surface area contributed by atoms with Crippen molar-refractivity contribution in [2.45, 2.75) is 50.7 Å². The summed E-state index contributed by atoms with van der Waals surface area (Å²) in [5.41, 5.74) is 1.22. The fraction of sp³-hybridized carbons (Fsp3) is 0.471. The molecule has 21 heavy (non-hydrogen) atoms. The topological polar surface area (TPSA) is 35.5 Å². The first-order valence-electron chi connectivity index (χ1n) is 7.20. The molecule has 2 rings (SSSR count). The van der Waals surface area contributed by atoms with Gasteiger partial charge in [-0.25, -0.2) is 4.79 Å². The van der Waals surface area contributed by atoms with Gasteiger partial charge in [0.1, 0.15) is 5.60 Å². The van der Waals surface area contributed by atoms with Gasteiger partial charge in [-0.2, -0.15) is 0 Å². The van der Waals surface area contributed by atoms with Gasteiger partial charge >= 0.3 is 5.97 Å². The zero-order valence-corrected chi connectivity index (χ0v) is 14.0. The number of esters is 1. The van der Waals surface area contributed by atoms with Crippen LogP contribution >= 0.6 is 11.8 Å². The normalized spacial score (nSPS) is 21.9. The number of thioether (sulfide) groups is 1. The van der Waals surface area contributed by atoms with Gasteiger partial charge < -0.3 is 9.47 Å².